The predicted molar refractivity (Wildman–Crippen MR) is 88.6 cm³/mol. The fraction of sp³-hybridized carbons (Fsp3) is 0.647. The van der Waals surface area contributed by atoms with Gasteiger partial charge in [0.05, 0.1) is 0 Å². The molecule has 21 heavy (non-hydrogen) atoms. The Hall–Kier alpha value is -1.58. The monoisotopic (exact) mass is 291 g/mol. The molecule has 0 aliphatic carbocycles. The highest BCUT2D eigenvalue weighted by Gasteiger charge is 2.11. The maximum Gasteiger partial charge on any atom is 0.270 e. The molecular formula is C17H29N3O. The average Bonchev–Trinajstić information content (AvgIpc) is 2.45. The number of hydrogen-bond acceptors (Lipinski definition) is 3. The molecule has 1 amide bonds. The van der Waals surface area contributed by atoms with Crippen molar-refractivity contribution in [3.8, 4) is 0 Å². The van der Waals surface area contributed by atoms with Gasteiger partial charge in [0, 0.05) is 12.6 Å². The highest BCUT2D eigenvalue weighted by Crippen LogP contribution is 2.09. The first kappa shape index (κ1) is 17.5. The Kier molecular flexibility index (Phi) is 7.80. The first-order chi connectivity index (χ1) is 10.0. The number of rotatable bonds is 9. The minimum atomic E-state index is -0.0906. The van der Waals surface area contributed by atoms with Gasteiger partial charge in [0.15, 0.2) is 0 Å². The minimum Gasteiger partial charge on any atom is -0.370 e. The van der Waals surface area contributed by atoms with Crippen molar-refractivity contribution in [1.82, 2.24) is 10.3 Å². The molecular weight excluding hydrogens is 262 g/mol. The van der Waals surface area contributed by atoms with Gasteiger partial charge >= 0.3 is 0 Å². The number of pyridine rings is 1. The Bertz CT molecular complexity index is 432. The molecule has 1 aromatic rings. The highest BCUT2D eigenvalue weighted by molar-refractivity contribution is 5.92. The molecule has 0 aliphatic rings. The third-order valence-corrected chi connectivity index (χ3v) is 3.33. The van der Waals surface area contributed by atoms with Crippen molar-refractivity contribution < 1.29 is 4.79 Å². The van der Waals surface area contributed by atoms with Crippen LogP contribution in [0.15, 0.2) is 18.2 Å². The van der Waals surface area contributed by atoms with Gasteiger partial charge in [-0.25, -0.2) is 4.98 Å². The van der Waals surface area contributed by atoms with E-state index in [2.05, 4.69) is 43.3 Å². The van der Waals surface area contributed by atoms with Gasteiger partial charge in [-0.15, -0.1) is 0 Å². The van der Waals surface area contributed by atoms with Gasteiger partial charge in [-0.3, -0.25) is 4.79 Å². The van der Waals surface area contributed by atoms with Crippen LogP contribution in [-0.2, 0) is 0 Å². The van der Waals surface area contributed by atoms with Crippen molar-refractivity contribution in [2.24, 2.45) is 5.92 Å². The Balaban J connectivity index is 2.47. The molecule has 0 bridgehead atoms. The molecule has 4 nitrogen and oxygen atoms in total. The van der Waals surface area contributed by atoms with E-state index < -0.39 is 0 Å². The summed E-state index contributed by atoms with van der Waals surface area (Å²) in [5.41, 5.74) is 0.479. The molecule has 0 aromatic carbocycles. The largest absolute Gasteiger partial charge is 0.370 e. The quantitative estimate of drug-likeness (QED) is 0.726. The molecule has 4 heteroatoms. The number of aromatic nitrogens is 1. The second-order valence-electron chi connectivity index (χ2n) is 6.03. The average molecular weight is 291 g/mol. The Morgan fingerprint density at radius 2 is 2.00 bits per heavy atom. The van der Waals surface area contributed by atoms with E-state index in [1.807, 2.05) is 12.1 Å². The summed E-state index contributed by atoms with van der Waals surface area (Å²) in [6, 6.07) is 5.69. The van der Waals surface area contributed by atoms with Crippen LogP contribution in [-0.4, -0.2) is 23.5 Å². The van der Waals surface area contributed by atoms with E-state index in [0.29, 0.717) is 5.69 Å². The number of carbonyl (C=O) groups is 1. The summed E-state index contributed by atoms with van der Waals surface area (Å²) in [6.07, 6.45) is 4.39. The highest BCUT2D eigenvalue weighted by atomic mass is 16.1. The van der Waals surface area contributed by atoms with Crippen LogP contribution in [0.4, 0.5) is 5.82 Å². The number of carbonyl (C=O) groups excluding carboxylic acids is 1. The van der Waals surface area contributed by atoms with E-state index in [1.165, 1.54) is 6.42 Å². The van der Waals surface area contributed by atoms with Gasteiger partial charge in [-0.2, -0.15) is 0 Å². The lowest BCUT2D eigenvalue weighted by molar-refractivity contribution is 0.0933. The molecule has 1 rings (SSSR count). The summed E-state index contributed by atoms with van der Waals surface area (Å²) in [7, 11) is 0. The van der Waals surface area contributed by atoms with E-state index >= 15 is 0 Å². The second kappa shape index (κ2) is 9.37. The van der Waals surface area contributed by atoms with Crippen LogP contribution in [0.2, 0.25) is 0 Å². The van der Waals surface area contributed by atoms with Gasteiger partial charge in [0.2, 0.25) is 0 Å². The summed E-state index contributed by atoms with van der Waals surface area (Å²) in [6.45, 7) is 9.47. The molecule has 1 atom stereocenters. The molecule has 0 aliphatic heterocycles. The van der Waals surface area contributed by atoms with Crippen molar-refractivity contribution in [2.45, 2.75) is 59.4 Å². The molecule has 1 unspecified atom stereocenters. The van der Waals surface area contributed by atoms with Crippen molar-refractivity contribution in [3.05, 3.63) is 23.9 Å². The number of hydrogen-bond donors (Lipinski definition) is 2. The normalized spacial score (nSPS) is 12.2. The summed E-state index contributed by atoms with van der Waals surface area (Å²) in [5.74, 6) is 1.39. The lowest BCUT2D eigenvalue weighted by atomic mass is 10.0. The summed E-state index contributed by atoms with van der Waals surface area (Å²) in [4.78, 5) is 16.5. The van der Waals surface area contributed by atoms with Crippen LogP contribution >= 0.6 is 0 Å². The van der Waals surface area contributed by atoms with E-state index in [0.717, 1.165) is 37.5 Å². The topological polar surface area (TPSA) is 54.0 Å². The van der Waals surface area contributed by atoms with Crippen molar-refractivity contribution in [2.75, 3.05) is 11.9 Å². The molecule has 0 fully saturated rings. The first-order valence-electron chi connectivity index (χ1n) is 8.04. The molecule has 0 saturated carbocycles. The molecule has 0 radical (unpaired) electrons. The van der Waals surface area contributed by atoms with E-state index in [1.54, 1.807) is 6.07 Å². The zero-order chi connectivity index (χ0) is 15.7. The number of amides is 1. The van der Waals surface area contributed by atoms with E-state index in [-0.39, 0.29) is 11.9 Å². The lowest BCUT2D eigenvalue weighted by Crippen LogP contribution is -2.33. The molecule has 1 aromatic heterocycles. The van der Waals surface area contributed by atoms with Crippen LogP contribution < -0.4 is 10.6 Å². The molecule has 118 valence electrons. The molecule has 2 N–H and O–H groups in total. The van der Waals surface area contributed by atoms with Crippen LogP contribution in [0.3, 0.4) is 0 Å². The van der Waals surface area contributed by atoms with Gasteiger partial charge in [-0.05, 0) is 37.8 Å². The first-order valence-corrected chi connectivity index (χ1v) is 8.04. The van der Waals surface area contributed by atoms with Crippen LogP contribution in [0.25, 0.3) is 0 Å². The Morgan fingerprint density at radius 3 is 2.67 bits per heavy atom. The lowest BCUT2D eigenvalue weighted by Gasteiger charge is -2.14. The number of anilines is 1. The fourth-order valence-electron chi connectivity index (χ4n) is 2.11. The van der Waals surface area contributed by atoms with E-state index in [4.69, 9.17) is 0 Å². The smallest absolute Gasteiger partial charge is 0.270 e. The van der Waals surface area contributed by atoms with Gasteiger partial charge < -0.3 is 10.6 Å². The van der Waals surface area contributed by atoms with Crippen LogP contribution in [0.5, 0.6) is 0 Å². The number of nitrogens with zero attached hydrogens (tertiary/aromatic N) is 1. The number of nitrogens with one attached hydrogen (secondary N) is 2. The molecule has 0 spiro atoms. The third kappa shape index (κ3) is 7.11. The van der Waals surface area contributed by atoms with Gasteiger partial charge in [0.25, 0.3) is 5.91 Å². The van der Waals surface area contributed by atoms with Crippen molar-refractivity contribution in [1.29, 1.82) is 0 Å². The fourth-order valence-corrected chi connectivity index (χ4v) is 2.11. The zero-order valence-corrected chi connectivity index (χ0v) is 13.8. The maximum atomic E-state index is 12.2. The predicted octanol–water partition coefficient (Wildman–Crippen LogP) is 3.85. The summed E-state index contributed by atoms with van der Waals surface area (Å²) in [5, 5.41) is 6.22. The minimum absolute atomic E-state index is 0.0906. The summed E-state index contributed by atoms with van der Waals surface area (Å²) >= 11 is 0. The van der Waals surface area contributed by atoms with Gasteiger partial charge in [0.1, 0.15) is 11.5 Å². The third-order valence-electron chi connectivity index (χ3n) is 3.33. The Morgan fingerprint density at radius 1 is 1.24 bits per heavy atom. The van der Waals surface area contributed by atoms with Crippen LogP contribution in [0.1, 0.15) is 63.9 Å². The van der Waals surface area contributed by atoms with Gasteiger partial charge in [-0.1, -0.05) is 39.7 Å². The SMILES string of the molecule is CCCNc1cccc(C(=O)NC(C)CCCC(C)C)n1. The van der Waals surface area contributed by atoms with Crippen molar-refractivity contribution in [3.63, 3.8) is 0 Å². The maximum absolute atomic E-state index is 12.2. The Labute approximate surface area is 128 Å². The standard InChI is InChI=1S/C17H29N3O/c1-5-12-18-16-11-7-10-15(20-16)17(21)19-14(4)9-6-8-13(2)3/h7,10-11,13-14H,5-6,8-9,12H2,1-4H3,(H,18,20)(H,19,21). The molecule has 0 saturated heterocycles. The summed E-state index contributed by atoms with van der Waals surface area (Å²) < 4.78 is 0. The second-order valence-corrected chi connectivity index (χ2v) is 6.03. The van der Waals surface area contributed by atoms with E-state index in [9.17, 15) is 4.79 Å². The molecule has 1 heterocycles. The van der Waals surface area contributed by atoms with Crippen LogP contribution in [0, 0.1) is 5.92 Å². The van der Waals surface area contributed by atoms with Crippen molar-refractivity contribution >= 4 is 11.7 Å². The zero-order valence-electron chi connectivity index (χ0n) is 13.8.